The summed E-state index contributed by atoms with van der Waals surface area (Å²) in [5.41, 5.74) is 1.07. The van der Waals surface area contributed by atoms with Crippen LogP contribution in [0.2, 0.25) is 0 Å². The fourth-order valence-electron chi connectivity index (χ4n) is 1.98. The molecule has 0 spiro atoms. The molecule has 1 aromatic heterocycles. The van der Waals surface area contributed by atoms with Gasteiger partial charge in [-0.25, -0.2) is 13.1 Å². The molecule has 1 aliphatic heterocycles. The van der Waals surface area contributed by atoms with Crippen molar-refractivity contribution in [2.45, 2.75) is 25.2 Å². The zero-order valence-electron chi connectivity index (χ0n) is 9.99. The van der Waals surface area contributed by atoms with Gasteiger partial charge in [-0.1, -0.05) is 0 Å². The first-order chi connectivity index (χ1) is 8.00. The van der Waals surface area contributed by atoms with Crippen molar-refractivity contribution < 1.29 is 13.2 Å². The average molecular weight is 259 g/mol. The monoisotopic (exact) mass is 259 g/mol. The smallest absolute Gasteiger partial charge is 0.244 e. The Morgan fingerprint density at radius 2 is 2.29 bits per heavy atom. The molecule has 96 valence electrons. The second-order valence-electron chi connectivity index (χ2n) is 4.34. The summed E-state index contributed by atoms with van der Waals surface area (Å²) in [5.74, 6) is 0.275. The maximum Gasteiger partial charge on any atom is 0.244 e. The van der Waals surface area contributed by atoms with E-state index in [2.05, 4.69) is 14.9 Å². The quantitative estimate of drug-likeness (QED) is 0.816. The fourth-order valence-corrected chi connectivity index (χ4v) is 3.46. The molecule has 17 heavy (non-hydrogen) atoms. The minimum atomic E-state index is -3.47. The van der Waals surface area contributed by atoms with Gasteiger partial charge in [0.2, 0.25) is 10.0 Å². The van der Waals surface area contributed by atoms with E-state index in [4.69, 9.17) is 4.74 Å². The molecule has 7 heteroatoms. The summed E-state index contributed by atoms with van der Waals surface area (Å²) >= 11 is 0. The van der Waals surface area contributed by atoms with Crippen LogP contribution in [-0.4, -0.2) is 38.4 Å². The molecule has 2 heterocycles. The van der Waals surface area contributed by atoms with E-state index in [-0.39, 0.29) is 10.8 Å². The SMILES string of the molecule is Cc1n[nH]c(C)c1S(=O)(=O)NCC1CCOC1. The minimum Gasteiger partial charge on any atom is -0.381 e. The van der Waals surface area contributed by atoms with Crippen LogP contribution in [0.5, 0.6) is 0 Å². The van der Waals surface area contributed by atoms with Crippen molar-refractivity contribution in [3.05, 3.63) is 11.4 Å². The Balaban J connectivity index is 2.08. The number of nitrogens with zero attached hydrogens (tertiary/aromatic N) is 1. The highest BCUT2D eigenvalue weighted by Crippen LogP contribution is 2.17. The lowest BCUT2D eigenvalue weighted by atomic mass is 10.1. The lowest BCUT2D eigenvalue weighted by molar-refractivity contribution is 0.186. The Bertz CT molecular complexity index is 469. The fraction of sp³-hybridized carbons (Fsp3) is 0.700. The molecular formula is C10H17N3O3S. The highest BCUT2D eigenvalue weighted by atomic mass is 32.2. The van der Waals surface area contributed by atoms with E-state index in [1.807, 2.05) is 0 Å². The van der Waals surface area contributed by atoms with Crippen LogP contribution in [0, 0.1) is 19.8 Å². The molecule has 0 saturated carbocycles. The summed E-state index contributed by atoms with van der Waals surface area (Å²) in [7, 11) is -3.47. The molecule has 0 bridgehead atoms. The van der Waals surface area contributed by atoms with Crippen molar-refractivity contribution in [3.8, 4) is 0 Å². The third-order valence-corrected chi connectivity index (χ3v) is 4.60. The molecule has 0 amide bonds. The largest absolute Gasteiger partial charge is 0.381 e. The van der Waals surface area contributed by atoms with Crippen molar-refractivity contribution in [1.29, 1.82) is 0 Å². The maximum absolute atomic E-state index is 12.1. The Kier molecular flexibility index (Phi) is 3.50. The van der Waals surface area contributed by atoms with Crippen molar-refractivity contribution in [2.24, 2.45) is 5.92 Å². The van der Waals surface area contributed by atoms with Crippen LogP contribution in [0.25, 0.3) is 0 Å². The summed E-state index contributed by atoms with van der Waals surface area (Å²) in [4.78, 5) is 0.261. The first-order valence-electron chi connectivity index (χ1n) is 5.59. The molecule has 1 unspecified atom stereocenters. The van der Waals surface area contributed by atoms with Crippen molar-refractivity contribution >= 4 is 10.0 Å². The number of sulfonamides is 1. The molecule has 1 saturated heterocycles. The van der Waals surface area contributed by atoms with Crippen molar-refractivity contribution in [2.75, 3.05) is 19.8 Å². The zero-order valence-corrected chi connectivity index (χ0v) is 10.8. The summed E-state index contributed by atoms with van der Waals surface area (Å²) < 4.78 is 32.0. The Hall–Kier alpha value is -0.920. The van der Waals surface area contributed by atoms with Gasteiger partial charge in [0.05, 0.1) is 18.0 Å². The van der Waals surface area contributed by atoms with Gasteiger partial charge in [0.15, 0.2) is 0 Å². The van der Waals surface area contributed by atoms with Crippen LogP contribution in [0.3, 0.4) is 0 Å². The van der Waals surface area contributed by atoms with Gasteiger partial charge in [-0.05, 0) is 26.2 Å². The van der Waals surface area contributed by atoms with Crippen LogP contribution in [-0.2, 0) is 14.8 Å². The molecule has 1 atom stereocenters. The number of H-pyrrole nitrogens is 1. The number of rotatable bonds is 4. The van der Waals surface area contributed by atoms with E-state index in [0.29, 0.717) is 24.5 Å². The maximum atomic E-state index is 12.1. The molecule has 1 aromatic rings. The number of nitrogens with one attached hydrogen (secondary N) is 2. The van der Waals surface area contributed by atoms with Crippen LogP contribution >= 0.6 is 0 Å². The normalized spacial score (nSPS) is 20.9. The van der Waals surface area contributed by atoms with E-state index in [1.54, 1.807) is 13.8 Å². The van der Waals surface area contributed by atoms with Crippen LogP contribution in [0.4, 0.5) is 0 Å². The number of aryl methyl sites for hydroxylation is 2. The number of ether oxygens (including phenoxy) is 1. The van der Waals surface area contributed by atoms with Crippen LogP contribution in [0.1, 0.15) is 17.8 Å². The van der Waals surface area contributed by atoms with Gasteiger partial charge in [-0.2, -0.15) is 5.10 Å². The average Bonchev–Trinajstić information content (AvgIpc) is 2.86. The highest BCUT2D eigenvalue weighted by Gasteiger charge is 2.24. The lowest BCUT2D eigenvalue weighted by Gasteiger charge is -2.10. The molecule has 0 radical (unpaired) electrons. The third-order valence-electron chi connectivity index (χ3n) is 2.92. The highest BCUT2D eigenvalue weighted by molar-refractivity contribution is 7.89. The second kappa shape index (κ2) is 4.75. The van der Waals surface area contributed by atoms with E-state index < -0.39 is 10.0 Å². The molecule has 0 aliphatic carbocycles. The number of hydrogen-bond acceptors (Lipinski definition) is 4. The molecule has 1 aliphatic rings. The Morgan fingerprint density at radius 1 is 1.53 bits per heavy atom. The molecular weight excluding hydrogens is 242 g/mol. The van der Waals surface area contributed by atoms with E-state index in [1.165, 1.54) is 0 Å². The second-order valence-corrected chi connectivity index (χ2v) is 6.05. The van der Waals surface area contributed by atoms with Crippen molar-refractivity contribution in [1.82, 2.24) is 14.9 Å². The summed E-state index contributed by atoms with van der Waals surface area (Å²) in [6, 6.07) is 0. The number of aromatic amines is 1. The Morgan fingerprint density at radius 3 is 2.82 bits per heavy atom. The molecule has 2 rings (SSSR count). The van der Waals surface area contributed by atoms with Gasteiger partial charge in [0.25, 0.3) is 0 Å². The molecule has 2 N–H and O–H groups in total. The third kappa shape index (κ3) is 2.67. The van der Waals surface area contributed by atoms with E-state index in [9.17, 15) is 8.42 Å². The predicted molar refractivity (Wildman–Crippen MR) is 62.2 cm³/mol. The van der Waals surface area contributed by atoms with Gasteiger partial charge in [-0.15, -0.1) is 0 Å². The molecule has 1 fully saturated rings. The number of hydrogen-bond donors (Lipinski definition) is 2. The van der Waals surface area contributed by atoms with Gasteiger partial charge in [0.1, 0.15) is 4.90 Å². The van der Waals surface area contributed by atoms with Crippen molar-refractivity contribution in [3.63, 3.8) is 0 Å². The lowest BCUT2D eigenvalue weighted by Crippen LogP contribution is -2.30. The number of aromatic nitrogens is 2. The first kappa shape index (κ1) is 12.5. The van der Waals surface area contributed by atoms with Crippen LogP contribution < -0.4 is 4.72 Å². The first-order valence-corrected chi connectivity index (χ1v) is 7.08. The van der Waals surface area contributed by atoms with Gasteiger partial charge in [-0.3, -0.25) is 5.10 Å². The van der Waals surface area contributed by atoms with Gasteiger partial charge < -0.3 is 4.74 Å². The van der Waals surface area contributed by atoms with Crippen LogP contribution in [0.15, 0.2) is 4.90 Å². The summed E-state index contributed by atoms with van der Waals surface area (Å²) in [6.07, 6.45) is 0.909. The summed E-state index contributed by atoms with van der Waals surface area (Å²) in [5, 5.41) is 6.57. The predicted octanol–water partition coefficient (Wildman–Crippen LogP) is 0.341. The topological polar surface area (TPSA) is 84.1 Å². The van der Waals surface area contributed by atoms with E-state index in [0.717, 1.165) is 13.0 Å². The standard InChI is InChI=1S/C10H17N3O3S/c1-7-10(8(2)13-12-7)17(14,15)11-5-9-3-4-16-6-9/h9,11H,3-6H2,1-2H3,(H,12,13). The molecule has 0 aromatic carbocycles. The summed E-state index contributed by atoms with van der Waals surface area (Å²) in [6.45, 7) is 5.15. The zero-order chi connectivity index (χ0) is 12.5. The van der Waals surface area contributed by atoms with E-state index >= 15 is 0 Å². The Labute approximate surface area is 101 Å². The van der Waals surface area contributed by atoms with Gasteiger partial charge in [0, 0.05) is 13.2 Å². The van der Waals surface area contributed by atoms with Gasteiger partial charge >= 0.3 is 0 Å². The minimum absolute atomic E-state index is 0.261. The molecule has 6 nitrogen and oxygen atoms in total.